The van der Waals surface area contributed by atoms with Gasteiger partial charge >= 0.3 is 5.97 Å². The zero-order valence-electron chi connectivity index (χ0n) is 27.7. The van der Waals surface area contributed by atoms with Gasteiger partial charge < -0.3 is 14.5 Å². The smallest absolute Gasteiger partial charge is 0.306 e. The molecule has 0 amide bonds. The second-order valence-electron chi connectivity index (χ2n) is 14.1. The molecule has 0 radical (unpaired) electrons. The van der Waals surface area contributed by atoms with E-state index in [1.165, 1.54) is 17.8 Å². The third kappa shape index (κ3) is 7.25. The molecule has 0 spiro atoms. The molecule has 3 aromatic carbocycles. The minimum absolute atomic E-state index is 0.0174. The van der Waals surface area contributed by atoms with Crippen LogP contribution in [-0.2, 0) is 32.9 Å². The van der Waals surface area contributed by atoms with Gasteiger partial charge in [0.2, 0.25) is 5.89 Å². The van der Waals surface area contributed by atoms with E-state index in [0.717, 1.165) is 39.1 Å². The molecular formula is C38H41FN2O5S2. The van der Waals surface area contributed by atoms with Crippen molar-refractivity contribution in [3.63, 3.8) is 0 Å². The number of hydrogen-bond donors (Lipinski definition) is 2. The van der Waals surface area contributed by atoms with Crippen LogP contribution in [0, 0.1) is 17.2 Å². The maximum Gasteiger partial charge on any atom is 0.306 e. The molecule has 4 bridgehead atoms. The largest absolute Gasteiger partial charge is 0.481 e. The third-order valence-corrected chi connectivity index (χ3v) is 12.8. The maximum absolute atomic E-state index is 15.7. The Morgan fingerprint density at radius 1 is 1.10 bits per heavy atom. The van der Waals surface area contributed by atoms with Crippen LogP contribution in [0.1, 0.15) is 69.3 Å². The first kappa shape index (κ1) is 34.0. The van der Waals surface area contributed by atoms with Gasteiger partial charge in [0, 0.05) is 33.0 Å². The Morgan fingerprint density at radius 3 is 2.69 bits per heavy atom. The summed E-state index contributed by atoms with van der Waals surface area (Å²) in [7, 11) is -3.49. The highest BCUT2D eigenvalue weighted by Gasteiger charge is 2.35. The Kier molecular flexibility index (Phi) is 9.34. The van der Waals surface area contributed by atoms with Crippen molar-refractivity contribution >= 4 is 38.5 Å². The Balaban J connectivity index is 1.45. The highest BCUT2D eigenvalue weighted by Crippen LogP contribution is 2.42. The average Bonchev–Trinajstić information content (AvgIpc) is 3.71. The van der Waals surface area contributed by atoms with Crippen LogP contribution >= 0.6 is 11.8 Å². The summed E-state index contributed by atoms with van der Waals surface area (Å²) in [6, 6.07) is 18.9. The molecule has 0 fully saturated rings. The summed E-state index contributed by atoms with van der Waals surface area (Å²) in [5, 5.41) is 10.3. The summed E-state index contributed by atoms with van der Waals surface area (Å²) >= 11 is 1.27. The van der Waals surface area contributed by atoms with E-state index in [2.05, 4.69) is 18.0 Å². The number of fused-ring (bicyclic) bond motifs is 8. The SMILES string of the molecule is C[C@@H](Cc1cccc([C@@]2(C)CCCC(C)(C)CS(=O)(=O)CCc3c(c(F)cc4[nH]ccc34)Sc3cccc(c3)-c3nc2co3)c1)C(=O)O. The van der Waals surface area contributed by atoms with E-state index in [1.54, 1.807) is 19.4 Å². The number of hydrogen-bond acceptors (Lipinski definition) is 6. The second-order valence-corrected chi connectivity index (χ2v) is 17.4. The van der Waals surface area contributed by atoms with E-state index < -0.39 is 38.4 Å². The average molecular weight is 689 g/mol. The summed E-state index contributed by atoms with van der Waals surface area (Å²) in [6.45, 7) is 7.79. The lowest BCUT2D eigenvalue weighted by Crippen LogP contribution is -2.29. The zero-order valence-corrected chi connectivity index (χ0v) is 29.3. The van der Waals surface area contributed by atoms with E-state index in [-0.39, 0.29) is 17.9 Å². The summed E-state index contributed by atoms with van der Waals surface area (Å²) < 4.78 is 49.1. The van der Waals surface area contributed by atoms with E-state index in [1.807, 2.05) is 62.4 Å². The minimum atomic E-state index is -3.49. The Bertz CT molecular complexity index is 2080. The van der Waals surface area contributed by atoms with Crippen LogP contribution in [0.4, 0.5) is 4.39 Å². The molecule has 6 rings (SSSR count). The van der Waals surface area contributed by atoms with Gasteiger partial charge in [0.05, 0.1) is 28.0 Å². The first-order valence-corrected chi connectivity index (χ1v) is 18.9. The van der Waals surface area contributed by atoms with Crippen molar-refractivity contribution in [2.45, 2.75) is 75.0 Å². The Morgan fingerprint density at radius 2 is 1.90 bits per heavy atom. The molecule has 2 aromatic heterocycles. The molecule has 7 nitrogen and oxygen atoms in total. The Hall–Kier alpha value is -3.89. The number of halogens is 1. The molecule has 48 heavy (non-hydrogen) atoms. The van der Waals surface area contributed by atoms with Gasteiger partial charge in [0.25, 0.3) is 0 Å². The topological polar surface area (TPSA) is 113 Å². The van der Waals surface area contributed by atoms with E-state index in [9.17, 15) is 18.3 Å². The number of aromatic nitrogens is 2. The van der Waals surface area contributed by atoms with Gasteiger partial charge in [-0.15, -0.1) is 0 Å². The molecule has 1 aliphatic rings. The number of H-pyrrole nitrogens is 1. The number of carboxylic acid groups (broad SMARTS) is 1. The van der Waals surface area contributed by atoms with Crippen molar-refractivity contribution in [1.82, 2.24) is 9.97 Å². The minimum Gasteiger partial charge on any atom is -0.481 e. The molecule has 0 saturated heterocycles. The van der Waals surface area contributed by atoms with Crippen LogP contribution in [0.15, 0.2) is 87.3 Å². The lowest BCUT2D eigenvalue weighted by molar-refractivity contribution is -0.141. The number of aromatic amines is 1. The third-order valence-electron chi connectivity index (χ3n) is 9.57. The molecule has 0 aliphatic carbocycles. The highest BCUT2D eigenvalue weighted by atomic mass is 32.2. The molecule has 10 heteroatoms. The summed E-state index contributed by atoms with van der Waals surface area (Å²) in [5.41, 5.74) is 3.61. The fraction of sp³-hybridized carbons (Fsp3) is 0.368. The number of benzene rings is 3. The maximum atomic E-state index is 15.7. The van der Waals surface area contributed by atoms with Gasteiger partial charge in [-0.25, -0.2) is 17.8 Å². The molecule has 2 atom stereocenters. The molecule has 2 N–H and O–H groups in total. The van der Waals surface area contributed by atoms with Gasteiger partial charge in [-0.2, -0.15) is 0 Å². The molecule has 5 aromatic rings. The van der Waals surface area contributed by atoms with Crippen molar-refractivity contribution < 1.29 is 27.1 Å². The molecule has 0 unspecified atom stereocenters. The van der Waals surface area contributed by atoms with Gasteiger partial charge in [-0.05, 0) is 85.0 Å². The van der Waals surface area contributed by atoms with Crippen molar-refractivity contribution in [3.8, 4) is 11.5 Å². The van der Waals surface area contributed by atoms with Crippen LogP contribution in [0.5, 0.6) is 0 Å². The summed E-state index contributed by atoms with van der Waals surface area (Å²) in [6.07, 6.45) is 6.09. The number of rotatable bonds is 4. The number of aryl methyl sites for hydroxylation is 1. The van der Waals surface area contributed by atoms with Crippen molar-refractivity contribution in [3.05, 3.63) is 101 Å². The van der Waals surface area contributed by atoms with E-state index >= 15 is 4.39 Å². The molecule has 3 heterocycles. The molecule has 1 aliphatic heterocycles. The quantitative estimate of drug-likeness (QED) is 0.194. The summed E-state index contributed by atoms with van der Waals surface area (Å²) in [5.74, 6) is -1.39. The van der Waals surface area contributed by atoms with E-state index in [0.29, 0.717) is 41.1 Å². The predicted molar refractivity (Wildman–Crippen MR) is 188 cm³/mol. The van der Waals surface area contributed by atoms with Gasteiger partial charge in [0.15, 0.2) is 9.84 Å². The number of carbonyl (C=O) groups is 1. The number of sulfone groups is 1. The van der Waals surface area contributed by atoms with Crippen LogP contribution in [0.2, 0.25) is 0 Å². The first-order valence-electron chi connectivity index (χ1n) is 16.3. The number of nitrogens with zero attached hydrogens (tertiary/aromatic N) is 1. The fourth-order valence-electron chi connectivity index (χ4n) is 6.87. The summed E-state index contributed by atoms with van der Waals surface area (Å²) in [4.78, 5) is 20.9. The molecular weight excluding hydrogens is 648 g/mol. The van der Waals surface area contributed by atoms with Gasteiger partial charge in [-0.3, -0.25) is 4.79 Å². The number of carboxylic acids is 1. The van der Waals surface area contributed by atoms with Crippen LogP contribution in [0.25, 0.3) is 22.4 Å². The highest BCUT2D eigenvalue weighted by molar-refractivity contribution is 7.99. The van der Waals surface area contributed by atoms with Crippen molar-refractivity contribution in [2.24, 2.45) is 11.3 Å². The number of nitrogens with one attached hydrogen (secondary N) is 1. The van der Waals surface area contributed by atoms with Crippen LogP contribution in [-0.4, -0.2) is 41.0 Å². The molecule has 0 saturated carbocycles. The second kappa shape index (κ2) is 13.2. The van der Waals surface area contributed by atoms with Gasteiger partial charge in [0.1, 0.15) is 12.1 Å². The van der Waals surface area contributed by atoms with Crippen molar-refractivity contribution in [2.75, 3.05) is 11.5 Å². The van der Waals surface area contributed by atoms with E-state index in [4.69, 9.17) is 9.40 Å². The fourth-order valence-corrected chi connectivity index (χ4v) is 9.93. The normalized spacial score (nSPS) is 20.4. The lowest BCUT2D eigenvalue weighted by atomic mass is 9.73. The predicted octanol–water partition coefficient (Wildman–Crippen LogP) is 8.85. The zero-order chi connectivity index (χ0) is 34.3. The molecule has 252 valence electrons. The standard InChI is InChI=1S/C38H41FN2O5S2/c1-24(36(42)43)18-25-8-5-10-27(19-25)38(4)15-7-14-37(2,3)23-48(44,45)17-13-30-29-12-16-40-32(29)21-31(39)34(30)47-28-11-6-9-26(20-28)35-41-33(38)22-46-35/h5-6,8-12,16,19-22,24,40H,7,13-15,17-18,23H2,1-4H3,(H,42,43)/t24-,38+/m0/s1. The van der Waals surface area contributed by atoms with Crippen molar-refractivity contribution in [1.29, 1.82) is 0 Å². The first-order chi connectivity index (χ1) is 22.7. The van der Waals surface area contributed by atoms with Crippen LogP contribution in [0.3, 0.4) is 0 Å². The number of oxazole rings is 1. The lowest BCUT2D eigenvalue weighted by Gasteiger charge is -2.31. The monoisotopic (exact) mass is 688 g/mol. The van der Waals surface area contributed by atoms with Gasteiger partial charge in [-0.1, -0.05) is 69.3 Å². The Labute approximate surface area is 285 Å². The number of aliphatic carboxylic acids is 1. The van der Waals surface area contributed by atoms with Crippen LogP contribution < -0.4 is 0 Å².